The average Bonchev–Trinajstić information content (AvgIpc) is 2.07. The number of ether oxygens (including phenoxy) is 1. The largest absolute Gasteiger partial charge is 0.434 e. The molecule has 0 bridgehead atoms. The molecule has 12 heavy (non-hydrogen) atoms. The lowest BCUT2D eigenvalue weighted by molar-refractivity contribution is -0.143. The van der Waals surface area contributed by atoms with E-state index >= 15 is 0 Å². The highest BCUT2D eigenvalue weighted by Gasteiger charge is 2.18. The molecule has 0 saturated heterocycles. The Bertz CT molecular complexity index is 153. The number of rotatable bonds is 5. The Balaban J connectivity index is 4.05. The van der Waals surface area contributed by atoms with Crippen molar-refractivity contribution in [2.75, 3.05) is 13.1 Å². The minimum absolute atomic E-state index is 0.182. The summed E-state index contributed by atoms with van der Waals surface area (Å²) < 4.78 is 4.67. The van der Waals surface area contributed by atoms with Gasteiger partial charge in [-0.25, -0.2) is 4.79 Å². The second kappa shape index (κ2) is 5.77. The Morgan fingerprint density at radius 1 is 1.58 bits per heavy atom. The molecule has 0 aromatic carbocycles. The standard InChI is InChI=1S/C9H17NO2/c1-5-10(6-2)8(4)9(11)12-7-3/h7-8H,3,5-6H2,1-2,4H3. The van der Waals surface area contributed by atoms with Crippen LogP contribution >= 0.6 is 0 Å². The topological polar surface area (TPSA) is 29.5 Å². The molecule has 0 radical (unpaired) electrons. The molecule has 0 aliphatic carbocycles. The zero-order chi connectivity index (χ0) is 9.56. The first kappa shape index (κ1) is 11.2. The molecule has 3 nitrogen and oxygen atoms in total. The molecule has 0 spiro atoms. The summed E-state index contributed by atoms with van der Waals surface area (Å²) in [5.74, 6) is -0.242. The number of esters is 1. The Kier molecular flexibility index (Phi) is 5.37. The first-order chi connectivity index (χ1) is 5.67. The highest BCUT2D eigenvalue weighted by Crippen LogP contribution is 2.00. The van der Waals surface area contributed by atoms with Gasteiger partial charge in [-0.05, 0) is 20.0 Å². The van der Waals surface area contributed by atoms with Crippen LogP contribution in [0.15, 0.2) is 12.8 Å². The molecule has 1 unspecified atom stereocenters. The van der Waals surface area contributed by atoms with Crippen LogP contribution in [-0.2, 0) is 9.53 Å². The maximum atomic E-state index is 11.2. The average molecular weight is 171 g/mol. The van der Waals surface area contributed by atoms with E-state index in [2.05, 4.69) is 11.3 Å². The van der Waals surface area contributed by atoms with Gasteiger partial charge in [0.1, 0.15) is 6.04 Å². The predicted molar refractivity (Wildman–Crippen MR) is 48.7 cm³/mol. The molecule has 0 fully saturated rings. The molecule has 0 aromatic heterocycles. The minimum Gasteiger partial charge on any atom is -0.434 e. The Morgan fingerprint density at radius 2 is 2.08 bits per heavy atom. The van der Waals surface area contributed by atoms with Crippen molar-refractivity contribution in [1.82, 2.24) is 4.90 Å². The van der Waals surface area contributed by atoms with E-state index in [0.717, 1.165) is 13.1 Å². The summed E-state index contributed by atoms with van der Waals surface area (Å²) in [6.07, 6.45) is 1.17. The maximum absolute atomic E-state index is 11.2. The summed E-state index contributed by atoms with van der Waals surface area (Å²) in [7, 11) is 0. The minimum atomic E-state index is -0.242. The van der Waals surface area contributed by atoms with Crippen molar-refractivity contribution in [3.8, 4) is 0 Å². The molecule has 0 aromatic rings. The van der Waals surface area contributed by atoms with Gasteiger partial charge in [0.05, 0.1) is 6.26 Å². The highest BCUT2D eigenvalue weighted by atomic mass is 16.5. The molecule has 0 heterocycles. The second-order valence-electron chi connectivity index (χ2n) is 2.50. The lowest BCUT2D eigenvalue weighted by Gasteiger charge is -2.23. The molecule has 0 aliphatic rings. The van der Waals surface area contributed by atoms with Crippen molar-refractivity contribution in [3.63, 3.8) is 0 Å². The van der Waals surface area contributed by atoms with Gasteiger partial charge in [-0.2, -0.15) is 0 Å². The third-order valence-corrected chi connectivity index (χ3v) is 1.90. The van der Waals surface area contributed by atoms with Crippen molar-refractivity contribution in [2.45, 2.75) is 26.8 Å². The van der Waals surface area contributed by atoms with E-state index in [1.54, 1.807) is 0 Å². The number of likely N-dealkylation sites (N-methyl/N-ethyl adjacent to an activating group) is 1. The number of carbonyl (C=O) groups excluding carboxylic acids is 1. The van der Waals surface area contributed by atoms with Gasteiger partial charge in [-0.15, -0.1) is 0 Å². The molecule has 0 saturated carbocycles. The number of hydrogen-bond donors (Lipinski definition) is 0. The van der Waals surface area contributed by atoms with Crippen molar-refractivity contribution in [3.05, 3.63) is 12.8 Å². The summed E-state index contributed by atoms with van der Waals surface area (Å²) >= 11 is 0. The molecule has 1 atom stereocenters. The smallest absolute Gasteiger partial charge is 0.327 e. The summed E-state index contributed by atoms with van der Waals surface area (Å²) in [6.45, 7) is 10.9. The predicted octanol–water partition coefficient (Wildman–Crippen LogP) is 1.40. The molecular formula is C9H17NO2. The molecule has 0 aliphatic heterocycles. The van der Waals surface area contributed by atoms with E-state index in [1.807, 2.05) is 25.7 Å². The molecule has 0 amide bonds. The zero-order valence-corrected chi connectivity index (χ0v) is 8.04. The van der Waals surface area contributed by atoms with Gasteiger partial charge in [-0.1, -0.05) is 20.4 Å². The summed E-state index contributed by atoms with van der Waals surface area (Å²) in [5, 5.41) is 0. The number of nitrogens with zero attached hydrogens (tertiary/aromatic N) is 1. The van der Waals surface area contributed by atoms with Crippen LogP contribution in [0, 0.1) is 0 Å². The van der Waals surface area contributed by atoms with Crippen molar-refractivity contribution < 1.29 is 9.53 Å². The Labute approximate surface area is 74.0 Å². The second-order valence-corrected chi connectivity index (χ2v) is 2.50. The van der Waals surface area contributed by atoms with Crippen LogP contribution in [0.1, 0.15) is 20.8 Å². The van der Waals surface area contributed by atoms with Crippen LogP contribution in [0.2, 0.25) is 0 Å². The SMILES string of the molecule is C=COC(=O)C(C)N(CC)CC. The van der Waals surface area contributed by atoms with E-state index < -0.39 is 0 Å². The van der Waals surface area contributed by atoms with Crippen LogP contribution in [-0.4, -0.2) is 30.0 Å². The van der Waals surface area contributed by atoms with Gasteiger partial charge < -0.3 is 4.74 Å². The normalized spacial score (nSPS) is 12.7. The lowest BCUT2D eigenvalue weighted by Crippen LogP contribution is -2.39. The van der Waals surface area contributed by atoms with Crippen molar-refractivity contribution in [1.29, 1.82) is 0 Å². The van der Waals surface area contributed by atoms with Gasteiger partial charge in [0.25, 0.3) is 0 Å². The number of hydrogen-bond acceptors (Lipinski definition) is 3. The van der Waals surface area contributed by atoms with Gasteiger partial charge in [0.2, 0.25) is 0 Å². The van der Waals surface area contributed by atoms with Crippen LogP contribution < -0.4 is 0 Å². The van der Waals surface area contributed by atoms with Gasteiger partial charge in [0, 0.05) is 0 Å². The van der Waals surface area contributed by atoms with Crippen LogP contribution in [0.5, 0.6) is 0 Å². The first-order valence-electron chi connectivity index (χ1n) is 4.22. The summed E-state index contributed by atoms with van der Waals surface area (Å²) in [5.41, 5.74) is 0. The van der Waals surface area contributed by atoms with E-state index in [0.29, 0.717) is 0 Å². The fourth-order valence-electron chi connectivity index (χ4n) is 1.10. The number of carbonyl (C=O) groups is 1. The molecular weight excluding hydrogens is 154 g/mol. The monoisotopic (exact) mass is 171 g/mol. The van der Waals surface area contributed by atoms with Crippen LogP contribution in [0.25, 0.3) is 0 Å². The maximum Gasteiger partial charge on any atom is 0.327 e. The highest BCUT2D eigenvalue weighted by molar-refractivity contribution is 5.75. The van der Waals surface area contributed by atoms with E-state index in [9.17, 15) is 4.79 Å². The first-order valence-corrected chi connectivity index (χ1v) is 4.22. The van der Waals surface area contributed by atoms with E-state index in [4.69, 9.17) is 0 Å². The third-order valence-electron chi connectivity index (χ3n) is 1.90. The fourth-order valence-corrected chi connectivity index (χ4v) is 1.10. The van der Waals surface area contributed by atoms with Crippen LogP contribution in [0.3, 0.4) is 0 Å². The van der Waals surface area contributed by atoms with Gasteiger partial charge in [0.15, 0.2) is 0 Å². The summed E-state index contributed by atoms with van der Waals surface area (Å²) in [6, 6.07) is -0.182. The van der Waals surface area contributed by atoms with Gasteiger partial charge >= 0.3 is 5.97 Å². The van der Waals surface area contributed by atoms with Crippen LogP contribution in [0.4, 0.5) is 0 Å². The lowest BCUT2D eigenvalue weighted by atomic mass is 10.3. The molecule has 0 rings (SSSR count). The third kappa shape index (κ3) is 3.05. The van der Waals surface area contributed by atoms with E-state index in [-0.39, 0.29) is 12.0 Å². The van der Waals surface area contributed by atoms with E-state index in [1.165, 1.54) is 6.26 Å². The Morgan fingerprint density at radius 3 is 2.42 bits per heavy atom. The van der Waals surface area contributed by atoms with Crippen molar-refractivity contribution in [2.24, 2.45) is 0 Å². The molecule has 3 heteroatoms. The van der Waals surface area contributed by atoms with Gasteiger partial charge in [-0.3, -0.25) is 4.90 Å². The molecule has 70 valence electrons. The van der Waals surface area contributed by atoms with Crippen molar-refractivity contribution >= 4 is 5.97 Å². The quantitative estimate of drug-likeness (QED) is 0.462. The Hall–Kier alpha value is -0.830. The fraction of sp³-hybridized carbons (Fsp3) is 0.667. The molecule has 0 N–H and O–H groups in total. The summed E-state index contributed by atoms with van der Waals surface area (Å²) in [4.78, 5) is 13.2. The zero-order valence-electron chi connectivity index (χ0n) is 8.04.